The quantitative estimate of drug-likeness (QED) is 0.159. The number of benzene rings is 9. The van der Waals surface area contributed by atoms with Crippen LogP contribution in [-0.2, 0) is 10.8 Å². The summed E-state index contributed by atoms with van der Waals surface area (Å²) in [4.78, 5) is 2.44. The van der Waals surface area contributed by atoms with Crippen molar-refractivity contribution in [3.8, 4) is 44.5 Å². The standard InChI is InChI=1S/C56H43N/c1-55(2)51-22-11-9-18-46(51)48-33-31-41(35-53(48)55)57(40-30-32-44-38(34-40)25-24-36-14-5-6-15-42(36)44)39-28-26-37(27-29-39)43-16-7-8-17-45(43)49-20-13-21-50-47-19-10-12-23-52(47)56(3,4)54(49)50/h5-35H,1-4H3. The Morgan fingerprint density at radius 2 is 0.825 bits per heavy atom. The lowest BCUT2D eigenvalue weighted by molar-refractivity contribution is 0.660. The Hall–Kier alpha value is -6.70. The molecule has 0 aromatic heterocycles. The van der Waals surface area contributed by atoms with Crippen molar-refractivity contribution in [2.75, 3.05) is 4.90 Å². The van der Waals surface area contributed by atoms with Gasteiger partial charge in [0, 0.05) is 27.9 Å². The molecule has 0 bridgehead atoms. The van der Waals surface area contributed by atoms with Gasteiger partial charge in [-0.1, -0.05) is 179 Å². The topological polar surface area (TPSA) is 3.24 Å². The van der Waals surface area contributed by atoms with Crippen LogP contribution in [-0.4, -0.2) is 0 Å². The second kappa shape index (κ2) is 12.4. The lowest BCUT2D eigenvalue weighted by Crippen LogP contribution is -2.16. The Bertz CT molecular complexity index is 3070. The predicted molar refractivity (Wildman–Crippen MR) is 242 cm³/mol. The van der Waals surface area contributed by atoms with Crippen molar-refractivity contribution in [1.29, 1.82) is 0 Å². The summed E-state index contributed by atoms with van der Waals surface area (Å²) >= 11 is 0. The monoisotopic (exact) mass is 729 g/mol. The first kappa shape index (κ1) is 33.6. The molecule has 0 atom stereocenters. The molecule has 0 fully saturated rings. The van der Waals surface area contributed by atoms with Crippen LogP contribution in [0.15, 0.2) is 188 Å². The van der Waals surface area contributed by atoms with Gasteiger partial charge < -0.3 is 4.90 Å². The van der Waals surface area contributed by atoms with Crippen molar-refractivity contribution in [3.63, 3.8) is 0 Å². The molecular weight excluding hydrogens is 687 g/mol. The highest BCUT2D eigenvalue weighted by Crippen LogP contribution is 2.54. The second-order valence-electron chi connectivity index (χ2n) is 16.9. The van der Waals surface area contributed by atoms with Gasteiger partial charge in [0.2, 0.25) is 0 Å². The molecule has 0 amide bonds. The Morgan fingerprint density at radius 3 is 1.60 bits per heavy atom. The third kappa shape index (κ3) is 5.02. The molecule has 1 nitrogen and oxygen atoms in total. The summed E-state index contributed by atoms with van der Waals surface area (Å²) in [6.07, 6.45) is 0. The van der Waals surface area contributed by atoms with E-state index in [-0.39, 0.29) is 10.8 Å². The molecule has 2 aliphatic carbocycles. The van der Waals surface area contributed by atoms with Gasteiger partial charge in [0.05, 0.1) is 0 Å². The summed E-state index contributed by atoms with van der Waals surface area (Å²) in [5.74, 6) is 0. The van der Waals surface area contributed by atoms with Crippen molar-refractivity contribution >= 4 is 38.6 Å². The second-order valence-corrected chi connectivity index (χ2v) is 16.9. The lowest BCUT2D eigenvalue weighted by Gasteiger charge is -2.28. The van der Waals surface area contributed by atoms with Crippen LogP contribution < -0.4 is 4.90 Å². The van der Waals surface area contributed by atoms with Gasteiger partial charge in [-0.05, 0) is 125 Å². The third-order valence-electron chi connectivity index (χ3n) is 13.0. The van der Waals surface area contributed by atoms with Crippen LogP contribution >= 0.6 is 0 Å². The predicted octanol–water partition coefficient (Wildman–Crippen LogP) is 15.4. The molecule has 0 aliphatic heterocycles. The van der Waals surface area contributed by atoms with Gasteiger partial charge in [0.15, 0.2) is 0 Å². The molecule has 57 heavy (non-hydrogen) atoms. The van der Waals surface area contributed by atoms with Crippen LogP contribution in [0.5, 0.6) is 0 Å². The number of fused-ring (bicyclic) bond motifs is 9. The molecule has 0 unspecified atom stereocenters. The van der Waals surface area contributed by atoms with E-state index in [1.807, 2.05) is 0 Å². The highest BCUT2D eigenvalue weighted by molar-refractivity contribution is 6.08. The van der Waals surface area contributed by atoms with E-state index >= 15 is 0 Å². The van der Waals surface area contributed by atoms with Crippen LogP contribution in [0, 0.1) is 0 Å². The summed E-state index contributed by atoms with van der Waals surface area (Å²) in [6, 6.07) is 70.0. The van der Waals surface area contributed by atoms with Crippen molar-refractivity contribution in [2.45, 2.75) is 38.5 Å². The van der Waals surface area contributed by atoms with Gasteiger partial charge in [-0.2, -0.15) is 0 Å². The molecular formula is C56H43N. The Morgan fingerprint density at radius 1 is 0.316 bits per heavy atom. The van der Waals surface area contributed by atoms with E-state index in [1.165, 1.54) is 88.3 Å². The first-order valence-corrected chi connectivity index (χ1v) is 20.2. The summed E-state index contributed by atoms with van der Waals surface area (Å²) in [5, 5.41) is 5.05. The van der Waals surface area contributed by atoms with E-state index in [2.05, 4.69) is 221 Å². The molecule has 0 radical (unpaired) electrons. The minimum atomic E-state index is -0.100. The fourth-order valence-corrected chi connectivity index (χ4v) is 10.3. The van der Waals surface area contributed by atoms with Crippen molar-refractivity contribution in [3.05, 3.63) is 210 Å². The van der Waals surface area contributed by atoms with Crippen LogP contribution in [0.1, 0.15) is 49.9 Å². The molecule has 0 spiro atoms. The molecule has 9 aromatic carbocycles. The van der Waals surface area contributed by atoms with E-state index in [0.29, 0.717) is 0 Å². The van der Waals surface area contributed by atoms with E-state index in [0.717, 1.165) is 17.1 Å². The minimum absolute atomic E-state index is 0.0993. The number of nitrogens with zero attached hydrogens (tertiary/aromatic N) is 1. The maximum absolute atomic E-state index is 2.44. The fourth-order valence-electron chi connectivity index (χ4n) is 10.3. The molecule has 0 saturated carbocycles. The molecule has 11 rings (SSSR count). The van der Waals surface area contributed by atoms with Crippen LogP contribution in [0.2, 0.25) is 0 Å². The maximum Gasteiger partial charge on any atom is 0.0468 e. The SMILES string of the molecule is CC1(C)c2ccccc2-c2ccc(N(c3ccc(-c4ccccc4-c4cccc5c4C(C)(C)c4ccccc4-5)cc3)c3ccc4c(ccc5ccccc54)c3)cc21. The lowest BCUT2D eigenvalue weighted by atomic mass is 9.78. The summed E-state index contributed by atoms with van der Waals surface area (Å²) in [5.41, 5.74) is 19.2. The first-order valence-electron chi connectivity index (χ1n) is 20.2. The van der Waals surface area contributed by atoms with Gasteiger partial charge >= 0.3 is 0 Å². The number of anilines is 3. The normalized spacial score (nSPS) is 14.2. The maximum atomic E-state index is 2.44. The van der Waals surface area contributed by atoms with Gasteiger partial charge in [-0.25, -0.2) is 0 Å². The van der Waals surface area contributed by atoms with Crippen molar-refractivity contribution < 1.29 is 0 Å². The summed E-state index contributed by atoms with van der Waals surface area (Å²) in [6.45, 7) is 9.48. The average Bonchev–Trinajstić information content (AvgIpc) is 3.63. The highest BCUT2D eigenvalue weighted by Gasteiger charge is 2.38. The van der Waals surface area contributed by atoms with Crippen molar-refractivity contribution in [1.82, 2.24) is 0 Å². The Kier molecular flexibility index (Phi) is 7.32. The molecule has 0 heterocycles. The van der Waals surface area contributed by atoms with Crippen molar-refractivity contribution in [2.24, 2.45) is 0 Å². The largest absolute Gasteiger partial charge is 0.310 e. The van der Waals surface area contributed by atoms with E-state index in [9.17, 15) is 0 Å². The van der Waals surface area contributed by atoms with E-state index in [4.69, 9.17) is 0 Å². The summed E-state index contributed by atoms with van der Waals surface area (Å²) < 4.78 is 0. The van der Waals surface area contributed by atoms with Crippen LogP contribution in [0.3, 0.4) is 0 Å². The minimum Gasteiger partial charge on any atom is -0.310 e. The molecule has 2 aliphatic rings. The van der Waals surface area contributed by atoms with Gasteiger partial charge in [-0.15, -0.1) is 0 Å². The Balaban J connectivity index is 1.05. The fraction of sp³-hybridized carbons (Fsp3) is 0.107. The Labute approximate surface area is 335 Å². The molecule has 1 heteroatoms. The van der Waals surface area contributed by atoms with Gasteiger partial charge in [0.25, 0.3) is 0 Å². The van der Waals surface area contributed by atoms with Gasteiger partial charge in [-0.3, -0.25) is 0 Å². The summed E-state index contributed by atoms with van der Waals surface area (Å²) in [7, 11) is 0. The van der Waals surface area contributed by atoms with Gasteiger partial charge in [0.1, 0.15) is 0 Å². The molecule has 0 N–H and O–H groups in total. The average molecular weight is 730 g/mol. The zero-order valence-electron chi connectivity index (χ0n) is 32.8. The van der Waals surface area contributed by atoms with E-state index in [1.54, 1.807) is 0 Å². The number of hydrogen-bond acceptors (Lipinski definition) is 1. The number of rotatable bonds is 5. The molecule has 272 valence electrons. The first-order chi connectivity index (χ1) is 27.8. The number of hydrogen-bond donors (Lipinski definition) is 0. The van der Waals surface area contributed by atoms with Crippen LogP contribution in [0.4, 0.5) is 17.1 Å². The van der Waals surface area contributed by atoms with E-state index < -0.39 is 0 Å². The van der Waals surface area contributed by atoms with Crippen LogP contribution in [0.25, 0.3) is 66.1 Å². The smallest absolute Gasteiger partial charge is 0.0468 e. The molecule has 9 aromatic rings. The third-order valence-corrected chi connectivity index (χ3v) is 13.0. The zero-order chi connectivity index (χ0) is 38.5. The molecule has 0 saturated heterocycles. The zero-order valence-corrected chi connectivity index (χ0v) is 32.8. The highest BCUT2D eigenvalue weighted by atomic mass is 15.1.